The Balaban J connectivity index is 1.92. The van der Waals surface area contributed by atoms with Crippen LogP contribution in [0, 0.1) is 0 Å². The normalized spacial score (nSPS) is 15.7. The molecule has 0 amide bonds. The van der Waals surface area contributed by atoms with Crippen LogP contribution in [-0.4, -0.2) is 36.2 Å². The summed E-state index contributed by atoms with van der Waals surface area (Å²) < 4.78 is 18.7. The van der Waals surface area contributed by atoms with Crippen LogP contribution < -0.4 is 15.2 Å². The third-order valence-electron chi connectivity index (χ3n) is 3.84. The molecular weight excluding hydrogens is 282 g/mol. The fourth-order valence-corrected chi connectivity index (χ4v) is 2.61. The molecule has 22 heavy (non-hydrogen) atoms. The maximum absolute atomic E-state index is 6.11. The van der Waals surface area contributed by atoms with Gasteiger partial charge in [-0.1, -0.05) is 6.07 Å². The molecule has 1 aliphatic heterocycles. The van der Waals surface area contributed by atoms with Gasteiger partial charge in [0.1, 0.15) is 11.9 Å². The molecule has 0 aliphatic carbocycles. The molecule has 1 fully saturated rings. The van der Waals surface area contributed by atoms with Gasteiger partial charge in [0, 0.05) is 31.5 Å². The largest absolute Gasteiger partial charge is 0.492 e. The van der Waals surface area contributed by atoms with E-state index >= 15 is 0 Å². The highest BCUT2D eigenvalue weighted by Gasteiger charge is 2.20. The van der Waals surface area contributed by atoms with Crippen molar-refractivity contribution in [2.45, 2.75) is 18.9 Å². The van der Waals surface area contributed by atoms with Crippen LogP contribution in [0.25, 0.3) is 11.3 Å². The maximum Gasteiger partial charge on any atom is 0.170 e. The van der Waals surface area contributed by atoms with Gasteiger partial charge in [0.15, 0.2) is 11.5 Å². The van der Waals surface area contributed by atoms with Crippen molar-refractivity contribution in [3.63, 3.8) is 0 Å². The SMILES string of the molecule is COc1c(OC2CCOCC2)cccc1-c1cc(N)n(C)n1. The summed E-state index contributed by atoms with van der Waals surface area (Å²) in [5.41, 5.74) is 7.52. The quantitative estimate of drug-likeness (QED) is 0.938. The topological polar surface area (TPSA) is 71.5 Å². The fraction of sp³-hybridized carbons (Fsp3) is 0.438. The number of ether oxygens (including phenoxy) is 3. The van der Waals surface area contributed by atoms with Crippen LogP contribution in [0.2, 0.25) is 0 Å². The number of aromatic nitrogens is 2. The molecule has 2 heterocycles. The highest BCUT2D eigenvalue weighted by Crippen LogP contribution is 2.38. The highest BCUT2D eigenvalue weighted by atomic mass is 16.5. The molecule has 0 bridgehead atoms. The number of aryl methyl sites for hydroxylation is 1. The van der Waals surface area contributed by atoms with Gasteiger partial charge in [0.25, 0.3) is 0 Å². The summed E-state index contributed by atoms with van der Waals surface area (Å²) in [4.78, 5) is 0. The number of para-hydroxylation sites is 1. The molecule has 0 saturated carbocycles. The average Bonchev–Trinajstić information content (AvgIpc) is 2.87. The number of hydrogen-bond acceptors (Lipinski definition) is 5. The summed E-state index contributed by atoms with van der Waals surface area (Å²) in [7, 11) is 3.45. The summed E-state index contributed by atoms with van der Waals surface area (Å²) in [5, 5.41) is 4.41. The van der Waals surface area contributed by atoms with Crippen LogP contribution in [0.15, 0.2) is 24.3 Å². The van der Waals surface area contributed by atoms with Crippen molar-refractivity contribution < 1.29 is 14.2 Å². The summed E-state index contributed by atoms with van der Waals surface area (Å²) >= 11 is 0. The van der Waals surface area contributed by atoms with E-state index in [1.165, 1.54) is 0 Å². The number of anilines is 1. The van der Waals surface area contributed by atoms with Gasteiger partial charge in [-0.15, -0.1) is 0 Å². The predicted octanol–water partition coefficient (Wildman–Crippen LogP) is 2.24. The first-order valence-electron chi connectivity index (χ1n) is 7.40. The van der Waals surface area contributed by atoms with Crippen LogP contribution >= 0.6 is 0 Å². The Morgan fingerprint density at radius 1 is 1.32 bits per heavy atom. The maximum atomic E-state index is 6.11. The average molecular weight is 303 g/mol. The Morgan fingerprint density at radius 2 is 2.09 bits per heavy atom. The molecule has 0 unspecified atom stereocenters. The van der Waals surface area contributed by atoms with Crippen molar-refractivity contribution in [2.75, 3.05) is 26.1 Å². The Kier molecular flexibility index (Phi) is 4.20. The Labute approximate surface area is 129 Å². The Bertz CT molecular complexity index is 629. The highest BCUT2D eigenvalue weighted by molar-refractivity contribution is 5.72. The van der Waals surface area contributed by atoms with Gasteiger partial charge >= 0.3 is 0 Å². The Hall–Kier alpha value is -2.21. The minimum absolute atomic E-state index is 0.159. The second-order valence-corrected chi connectivity index (χ2v) is 5.34. The summed E-state index contributed by atoms with van der Waals surface area (Å²) in [6.45, 7) is 1.48. The molecule has 1 aromatic carbocycles. The molecule has 0 atom stereocenters. The van der Waals surface area contributed by atoms with Crippen LogP contribution in [-0.2, 0) is 11.8 Å². The smallest absolute Gasteiger partial charge is 0.170 e. The van der Waals surface area contributed by atoms with Gasteiger partial charge in [0.05, 0.1) is 26.0 Å². The van der Waals surface area contributed by atoms with Crippen molar-refractivity contribution in [2.24, 2.45) is 7.05 Å². The summed E-state index contributed by atoms with van der Waals surface area (Å²) in [6, 6.07) is 7.65. The zero-order valence-electron chi connectivity index (χ0n) is 12.9. The lowest BCUT2D eigenvalue weighted by Crippen LogP contribution is -2.26. The molecule has 3 rings (SSSR count). The van der Waals surface area contributed by atoms with Crippen molar-refractivity contribution >= 4 is 5.82 Å². The van der Waals surface area contributed by atoms with Crippen molar-refractivity contribution in [1.82, 2.24) is 9.78 Å². The summed E-state index contributed by atoms with van der Waals surface area (Å²) in [5.74, 6) is 2.02. The standard InChI is InChI=1S/C16H21N3O3/c1-19-15(17)10-13(18-19)12-4-3-5-14(16(12)20-2)22-11-6-8-21-9-7-11/h3-5,10-11H,6-9,17H2,1-2H3. The third kappa shape index (κ3) is 2.87. The second kappa shape index (κ2) is 6.27. The lowest BCUT2D eigenvalue weighted by molar-refractivity contribution is 0.0246. The van der Waals surface area contributed by atoms with E-state index in [1.807, 2.05) is 31.3 Å². The molecule has 6 nitrogen and oxygen atoms in total. The first-order chi connectivity index (χ1) is 10.7. The van der Waals surface area contributed by atoms with Crippen molar-refractivity contribution in [3.05, 3.63) is 24.3 Å². The molecule has 6 heteroatoms. The van der Waals surface area contributed by atoms with E-state index in [9.17, 15) is 0 Å². The third-order valence-corrected chi connectivity index (χ3v) is 3.84. The van der Waals surface area contributed by atoms with Gasteiger partial charge < -0.3 is 19.9 Å². The molecule has 2 aromatic rings. The van der Waals surface area contributed by atoms with Gasteiger partial charge in [-0.2, -0.15) is 5.10 Å². The molecule has 118 valence electrons. The number of hydrogen-bond donors (Lipinski definition) is 1. The van der Waals surface area contributed by atoms with E-state index in [0.717, 1.165) is 43.1 Å². The van der Waals surface area contributed by atoms with E-state index in [1.54, 1.807) is 11.8 Å². The lowest BCUT2D eigenvalue weighted by Gasteiger charge is -2.24. The van der Waals surface area contributed by atoms with Crippen LogP contribution in [0.1, 0.15) is 12.8 Å². The zero-order chi connectivity index (χ0) is 15.5. The molecular formula is C16H21N3O3. The molecule has 0 spiro atoms. The predicted molar refractivity (Wildman–Crippen MR) is 84.1 cm³/mol. The van der Waals surface area contributed by atoms with E-state index in [2.05, 4.69) is 5.10 Å². The van der Waals surface area contributed by atoms with E-state index < -0.39 is 0 Å². The number of nitrogen functional groups attached to an aromatic ring is 1. The second-order valence-electron chi connectivity index (χ2n) is 5.34. The van der Waals surface area contributed by atoms with Gasteiger partial charge in [-0.3, -0.25) is 4.68 Å². The molecule has 1 saturated heterocycles. The fourth-order valence-electron chi connectivity index (χ4n) is 2.61. The number of methoxy groups -OCH3 is 1. The van der Waals surface area contributed by atoms with Crippen molar-refractivity contribution in [1.29, 1.82) is 0 Å². The van der Waals surface area contributed by atoms with Crippen molar-refractivity contribution in [3.8, 4) is 22.8 Å². The van der Waals surface area contributed by atoms with Crippen LogP contribution in [0.4, 0.5) is 5.82 Å². The summed E-state index contributed by atoms with van der Waals surface area (Å²) in [6.07, 6.45) is 1.94. The van der Waals surface area contributed by atoms with Gasteiger partial charge in [0.2, 0.25) is 0 Å². The van der Waals surface area contributed by atoms with Crippen LogP contribution in [0.5, 0.6) is 11.5 Å². The first kappa shape index (κ1) is 14.7. The zero-order valence-corrected chi connectivity index (χ0v) is 12.9. The number of benzene rings is 1. The lowest BCUT2D eigenvalue weighted by atomic mass is 10.1. The first-order valence-corrected chi connectivity index (χ1v) is 7.40. The molecule has 2 N–H and O–H groups in total. The molecule has 1 aromatic heterocycles. The minimum atomic E-state index is 0.159. The molecule has 0 radical (unpaired) electrons. The van der Waals surface area contributed by atoms with E-state index in [-0.39, 0.29) is 6.10 Å². The number of nitrogens with zero attached hydrogens (tertiary/aromatic N) is 2. The number of rotatable bonds is 4. The van der Waals surface area contributed by atoms with Crippen LogP contribution in [0.3, 0.4) is 0 Å². The van der Waals surface area contributed by atoms with Gasteiger partial charge in [-0.05, 0) is 12.1 Å². The van der Waals surface area contributed by atoms with Gasteiger partial charge in [-0.25, -0.2) is 0 Å². The molecule has 1 aliphatic rings. The van der Waals surface area contributed by atoms with E-state index in [4.69, 9.17) is 19.9 Å². The monoisotopic (exact) mass is 303 g/mol. The Morgan fingerprint density at radius 3 is 2.73 bits per heavy atom. The minimum Gasteiger partial charge on any atom is -0.492 e. The van der Waals surface area contributed by atoms with E-state index in [0.29, 0.717) is 11.6 Å². The number of nitrogens with two attached hydrogens (primary N) is 1.